The number of hydrogen-bond donors (Lipinski definition) is 9. The van der Waals surface area contributed by atoms with Crippen LogP contribution < -0.4 is 25.3 Å². The number of aromatic hydroxyl groups is 1. The molecule has 19 nitrogen and oxygen atoms in total. The molecule has 0 spiro atoms. The van der Waals surface area contributed by atoms with Crippen molar-refractivity contribution in [2.45, 2.75) is 16.7 Å². The molecule has 0 atom stereocenters. The van der Waals surface area contributed by atoms with E-state index in [0.717, 1.165) is 0 Å². The maximum Gasteiger partial charge on any atom is 0.255 e. The highest BCUT2D eigenvalue weighted by Crippen LogP contribution is 2.55. The number of nitrogens with two attached hydrogens (primary N) is 1. The van der Waals surface area contributed by atoms with Crippen LogP contribution >= 0.6 is 21.7 Å². The zero-order valence-corrected chi connectivity index (χ0v) is 33.7. The quantitative estimate of drug-likeness (QED) is 0.0387. The van der Waals surface area contributed by atoms with Crippen LogP contribution in [0.25, 0.3) is 10.8 Å². The molecule has 312 valence electrons. The molecule has 6 aromatic rings. The van der Waals surface area contributed by atoms with Crippen molar-refractivity contribution < 1.29 is 51.4 Å². The molecule has 0 saturated heterocycles. The smallest absolute Gasteiger partial charge is 0.255 e. The third-order valence-electron chi connectivity index (χ3n) is 8.70. The number of phenols is 1. The Balaban J connectivity index is 1.28. The van der Waals surface area contributed by atoms with Crippen LogP contribution in [0.1, 0.15) is 15.9 Å². The van der Waals surface area contributed by atoms with Gasteiger partial charge < -0.3 is 57.7 Å². The molecule has 60 heavy (non-hydrogen) atoms. The van der Waals surface area contributed by atoms with Gasteiger partial charge in [-0.05, 0) is 96.7 Å². The largest absolute Gasteiger partial charge is 0.505 e. The summed E-state index contributed by atoms with van der Waals surface area (Å²) >= 11 is 0. The molecule has 1 amide bonds. The summed E-state index contributed by atoms with van der Waals surface area (Å²) in [5.74, 6) is -0.370. The summed E-state index contributed by atoms with van der Waals surface area (Å²) in [5, 5.41) is 39.9. The molecule has 0 radical (unpaired) electrons. The van der Waals surface area contributed by atoms with Gasteiger partial charge in [0, 0.05) is 40.5 Å². The minimum absolute atomic E-state index is 0.0563. The minimum Gasteiger partial charge on any atom is -0.505 e. The number of carbonyl (C=O) groups excluding carboxylic acids is 1. The van der Waals surface area contributed by atoms with Gasteiger partial charge in [0.05, 0.1) is 42.5 Å². The number of ether oxygens (including phenoxy) is 3. The maximum absolute atomic E-state index is 12.8. The molecular weight excluding hydrogens is 821 g/mol. The second-order valence-electron chi connectivity index (χ2n) is 12.7. The Kier molecular flexibility index (Phi) is 12.6. The van der Waals surface area contributed by atoms with Gasteiger partial charge in [-0.25, -0.2) is 0 Å². The third kappa shape index (κ3) is 9.77. The van der Waals surface area contributed by atoms with E-state index in [9.17, 15) is 37.2 Å². The van der Waals surface area contributed by atoms with Crippen LogP contribution in [-0.4, -0.2) is 59.7 Å². The first-order valence-electron chi connectivity index (χ1n) is 17.3. The zero-order valence-electron chi connectivity index (χ0n) is 32.1. The predicted molar refractivity (Wildman–Crippen MR) is 228 cm³/mol. The topological polar surface area (TPSA) is 299 Å². The van der Waals surface area contributed by atoms with E-state index in [1.165, 1.54) is 82.0 Å². The van der Waals surface area contributed by atoms with E-state index in [1.807, 2.05) is 0 Å². The number of phenolic OH excluding ortho intramolecular Hbond substituents is 1. The Morgan fingerprint density at radius 1 is 0.617 bits per heavy atom. The summed E-state index contributed by atoms with van der Waals surface area (Å²) < 4.78 is 76.0. The SMILES string of the molecule is COc1cc(N=Nc2ccc(S(O)(O)O)cc2)c(C)cc1N=Nc1cc(OC)c(N=Nc2c(S(O)(O)O)cc3cc(NC(=O)c4ccc(N)cc4)ccc3c2O)cc1OC. The van der Waals surface area contributed by atoms with Crippen molar-refractivity contribution in [2.24, 2.45) is 30.7 Å². The van der Waals surface area contributed by atoms with Crippen LogP contribution in [0.2, 0.25) is 0 Å². The van der Waals surface area contributed by atoms with E-state index in [0.29, 0.717) is 45.3 Å². The van der Waals surface area contributed by atoms with Crippen LogP contribution in [0.15, 0.2) is 138 Å². The van der Waals surface area contributed by atoms with Gasteiger partial charge in [-0.3, -0.25) is 4.79 Å². The van der Waals surface area contributed by atoms with Crippen LogP contribution in [0.4, 0.5) is 45.5 Å². The van der Waals surface area contributed by atoms with Crippen molar-refractivity contribution in [3.63, 3.8) is 0 Å². The highest BCUT2D eigenvalue weighted by Gasteiger charge is 2.26. The average Bonchev–Trinajstić information content (AvgIpc) is 3.21. The normalized spacial score (nSPS) is 12.7. The van der Waals surface area contributed by atoms with Crippen molar-refractivity contribution in [2.75, 3.05) is 32.4 Å². The van der Waals surface area contributed by atoms with E-state index in [2.05, 4.69) is 36.0 Å². The van der Waals surface area contributed by atoms with E-state index in [1.54, 1.807) is 43.3 Å². The van der Waals surface area contributed by atoms with Gasteiger partial charge in [-0.1, -0.05) is 0 Å². The molecule has 0 saturated carbocycles. The number of carbonyl (C=O) groups is 1. The van der Waals surface area contributed by atoms with Crippen molar-refractivity contribution in [3.8, 4) is 23.0 Å². The predicted octanol–water partition coefficient (Wildman–Crippen LogP) is 12.1. The molecule has 0 aliphatic heterocycles. The lowest BCUT2D eigenvalue weighted by molar-refractivity contribution is 0.102. The monoisotopic (exact) mass is 858 g/mol. The van der Waals surface area contributed by atoms with Gasteiger partial charge >= 0.3 is 0 Å². The van der Waals surface area contributed by atoms with Crippen LogP contribution in [0.5, 0.6) is 23.0 Å². The standard InChI is InChI=1S/C39H38N8O11S2/c1-21-15-30(33(56-2)18-29(21)43-42-25-9-12-27(13-10-25)59(50,51)52)44-45-31-19-35(58-4)32(20-34(31)57-3)46-47-37-36(60(53,54)55)17-23-16-26(11-14-28(23)38(37)48)41-39(49)22-5-7-24(40)8-6-22/h5-20,48,50-55H,40H2,1-4H3,(H,41,49). The van der Waals surface area contributed by atoms with Crippen LogP contribution in [0.3, 0.4) is 0 Å². The first-order valence-corrected chi connectivity index (χ1v) is 20.3. The highest BCUT2D eigenvalue weighted by molar-refractivity contribution is 8.19. The molecular formula is C39H38N8O11S2. The molecule has 0 heterocycles. The van der Waals surface area contributed by atoms with Crippen molar-refractivity contribution in [3.05, 3.63) is 108 Å². The summed E-state index contributed by atoms with van der Waals surface area (Å²) in [5.41, 5.74) is 8.51. The van der Waals surface area contributed by atoms with Crippen LogP contribution in [-0.2, 0) is 0 Å². The third-order valence-corrected chi connectivity index (χ3v) is 10.5. The summed E-state index contributed by atoms with van der Waals surface area (Å²) in [6.45, 7) is 1.77. The Labute approximate surface area is 345 Å². The van der Waals surface area contributed by atoms with E-state index in [4.69, 9.17) is 19.9 Å². The highest BCUT2D eigenvalue weighted by atomic mass is 32.3. The molecule has 0 fully saturated rings. The minimum atomic E-state index is -4.48. The molecule has 0 aliphatic rings. The number of anilines is 2. The number of benzene rings is 6. The van der Waals surface area contributed by atoms with E-state index >= 15 is 0 Å². The number of aryl methyl sites for hydroxylation is 1. The molecule has 0 bridgehead atoms. The number of fused-ring (bicyclic) bond motifs is 1. The van der Waals surface area contributed by atoms with Gasteiger partial charge in [0.1, 0.15) is 61.7 Å². The molecule has 0 aromatic heterocycles. The molecule has 6 rings (SSSR count). The number of methoxy groups -OCH3 is 3. The molecule has 0 aliphatic carbocycles. The summed E-state index contributed by atoms with van der Waals surface area (Å²) in [6.07, 6.45) is 0. The lowest BCUT2D eigenvalue weighted by Crippen LogP contribution is -2.11. The Bertz CT molecular complexity index is 2670. The van der Waals surface area contributed by atoms with Gasteiger partial charge in [-0.2, -0.15) is 10.2 Å². The first kappa shape index (κ1) is 42.9. The van der Waals surface area contributed by atoms with E-state index in [-0.39, 0.29) is 38.5 Å². The lowest BCUT2D eigenvalue weighted by Gasteiger charge is -2.22. The van der Waals surface area contributed by atoms with E-state index < -0.39 is 44.0 Å². The number of rotatable bonds is 13. The fourth-order valence-corrected chi connectivity index (χ4v) is 6.81. The average molecular weight is 859 g/mol. The number of amides is 1. The Hall–Kier alpha value is -6.69. The number of nitrogens with zero attached hydrogens (tertiary/aromatic N) is 6. The molecule has 0 unspecified atom stereocenters. The van der Waals surface area contributed by atoms with Crippen molar-refractivity contribution in [1.29, 1.82) is 0 Å². The van der Waals surface area contributed by atoms with Gasteiger partial charge in [0.2, 0.25) is 0 Å². The maximum atomic E-state index is 12.8. The summed E-state index contributed by atoms with van der Waals surface area (Å²) in [7, 11) is -4.14. The van der Waals surface area contributed by atoms with Gasteiger partial charge in [0.25, 0.3) is 5.91 Å². The van der Waals surface area contributed by atoms with Crippen LogP contribution in [0, 0.1) is 6.92 Å². The fourth-order valence-electron chi connectivity index (χ4n) is 5.62. The number of nitrogen functional groups attached to an aromatic ring is 1. The van der Waals surface area contributed by atoms with Crippen molar-refractivity contribution in [1.82, 2.24) is 0 Å². The summed E-state index contributed by atoms with van der Waals surface area (Å²) in [4.78, 5) is 12.2. The second-order valence-corrected chi connectivity index (χ2v) is 15.7. The van der Waals surface area contributed by atoms with Crippen molar-refractivity contribution >= 4 is 83.9 Å². The Morgan fingerprint density at radius 2 is 1.15 bits per heavy atom. The molecule has 6 aromatic carbocycles. The van der Waals surface area contributed by atoms with Gasteiger partial charge in [-0.15, -0.1) is 20.5 Å². The Morgan fingerprint density at radius 3 is 1.70 bits per heavy atom. The lowest BCUT2D eigenvalue weighted by atomic mass is 10.1. The summed E-state index contributed by atoms with van der Waals surface area (Å²) in [6, 6.07) is 23.7. The number of hydrogen-bond acceptors (Lipinski definition) is 18. The second kappa shape index (κ2) is 17.7. The zero-order chi connectivity index (χ0) is 43.4. The first-order chi connectivity index (χ1) is 28.5. The van der Waals surface area contributed by atoms with Gasteiger partial charge in [0.15, 0.2) is 5.75 Å². The molecule has 21 heteroatoms. The number of azo groups is 3. The molecule has 10 N–H and O–H groups in total. The number of nitrogens with one attached hydrogen (secondary N) is 1. The fraction of sp³-hybridized carbons (Fsp3) is 0.103.